The molecular weight excluding hydrogens is 216 g/mol. The fraction of sp³-hybridized carbons (Fsp3) is 0.444. The van der Waals surface area contributed by atoms with E-state index in [-0.39, 0.29) is 17.6 Å². The molecule has 0 aliphatic rings. The van der Waals surface area contributed by atoms with Crippen LogP contribution in [-0.2, 0) is 4.74 Å². The summed E-state index contributed by atoms with van der Waals surface area (Å²) >= 11 is 1.35. The predicted molar refractivity (Wildman–Crippen MR) is 55.8 cm³/mol. The van der Waals surface area contributed by atoms with Gasteiger partial charge in [0.25, 0.3) is 0 Å². The first-order valence-electron chi connectivity index (χ1n) is 4.35. The second kappa shape index (κ2) is 5.67. The van der Waals surface area contributed by atoms with Gasteiger partial charge >= 0.3 is 5.97 Å². The van der Waals surface area contributed by atoms with Crippen LogP contribution in [-0.4, -0.2) is 40.0 Å². The van der Waals surface area contributed by atoms with Gasteiger partial charge < -0.3 is 9.84 Å². The van der Waals surface area contributed by atoms with Crippen LogP contribution in [0.2, 0.25) is 0 Å². The summed E-state index contributed by atoms with van der Waals surface area (Å²) in [5.74, 6) is -0.512. The number of rotatable bonds is 4. The lowest BCUT2D eigenvalue weighted by Gasteiger charge is -2.06. The summed E-state index contributed by atoms with van der Waals surface area (Å²) < 4.78 is 4.52. The molecule has 0 aliphatic heterocycles. The van der Waals surface area contributed by atoms with Gasteiger partial charge in [-0.15, -0.1) is 0 Å². The van der Waals surface area contributed by atoms with Crippen LogP contribution in [0.1, 0.15) is 17.4 Å². The molecule has 1 aromatic heterocycles. The number of nitrogens with zero attached hydrogens (tertiary/aromatic N) is 2. The van der Waals surface area contributed by atoms with Crippen molar-refractivity contribution in [3.8, 4) is 0 Å². The van der Waals surface area contributed by atoms with Crippen LogP contribution < -0.4 is 0 Å². The van der Waals surface area contributed by atoms with Gasteiger partial charge in [-0.1, -0.05) is 18.7 Å². The number of carbonyl (C=O) groups is 1. The first-order valence-corrected chi connectivity index (χ1v) is 5.23. The quantitative estimate of drug-likeness (QED) is 0.605. The summed E-state index contributed by atoms with van der Waals surface area (Å²) in [5, 5.41) is 9.48. The van der Waals surface area contributed by atoms with Crippen molar-refractivity contribution >= 4 is 17.7 Å². The highest BCUT2D eigenvalue weighted by molar-refractivity contribution is 7.99. The van der Waals surface area contributed by atoms with E-state index in [1.165, 1.54) is 25.1 Å². The summed E-state index contributed by atoms with van der Waals surface area (Å²) in [5.41, 5.74) is 0.174. The molecule has 0 bridgehead atoms. The topological polar surface area (TPSA) is 72.3 Å². The summed E-state index contributed by atoms with van der Waals surface area (Å²) in [7, 11) is 1.29. The average Bonchev–Trinajstić information content (AvgIpc) is 2.28. The summed E-state index contributed by atoms with van der Waals surface area (Å²) in [6, 6.07) is 0. The Bertz CT molecular complexity index is 346. The Labute approximate surface area is 91.9 Å². The minimum atomic E-state index is -0.512. The highest BCUT2D eigenvalue weighted by Crippen LogP contribution is 2.19. The van der Waals surface area contributed by atoms with Crippen molar-refractivity contribution in [3.63, 3.8) is 0 Å². The van der Waals surface area contributed by atoms with E-state index in [0.29, 0.717) is 5.03 Å². The standard InChI is InChI=1S/C9H12N2O3S/c1-6(5-12)15-8-4-10-3-7(11-8)9(13)14-2/h3-4,6,12H,5H2,1-2H3. The van der Waals surface area contributed by atoms with Crippen molar-refractivity contribution in [2.24, 2.45) is 0 Å². The van der Waals surface area contributed by atoms with Crippen LogP contribution in [0.25, 0.3) is 0 Å². The van der Waals surface area contributed by atoms with E-state index in [2.05, 4.69) is 14.7 Å². The van der Waals surface area contributed by atoms with E-state index in [1.807, 2.05) is 6.92 Å². The lowest BCUT2D eigenvalue weighted by atomic mass is 10.5. The van der Waals surface area contributed by atoms with E-state index in [4.69, 9.17) is 5.11 Å². The van der Waals surface area contributed by atoms with Gasteiger partial charge in [-0.05, 0) is 0 Å². The van der Waals surface area contributed by atoms with Gasteiger partial charge in [0, 0.05) is 5.25 Å². The van der Waals surface area contributed by atoms with E-state index in [0.717, 1.165) is 0 Å². The maximum Gasteiger partial charge on any atom is 0.358 e. The molecule has 82 valence electrons. The lowest BCUT2D eigenvalue weighted by molar-refractivity contribution is 0.0592. The monoisotopic (exact) mass is 228 g/mol. The van der Waals surface area contributed by atoms with Crippen LogP contribution >= 0.6 is 11.8 Å². The van der Waals surface area contributed by atoms with E-state index >= 15 is 0 Å². The fourth-order valence-corrected chi connectivity index (χ4v) is 1.61. The number of aliphatic hydroxyl groups excluding tert-OH is 1. The number of ether oxygens (including phenoxy) is 1. The van der Waals surface area contributed by atoms with E-state index in [9.17, 15) is 4.79 Å². The van der Waals surface area contributed by atoms with E-state index < -0.39 is 5.97 Å². The van der Waals surface area contributed by atoms with Gasteiger partial charge in [0.05, 0.1) is 26.1 Å². The molecule has 1 atom stereocenters. The zero-order chi connectivity index (χ0) is 11.3. The van der Waals surface area contributed by atoms with Gasteiger partial charge in [-0.3, -0.25) is 4.98 Å². The Morgan fingerprint density at radius 3 is 3.00 bits per heavy atom. The van der Waals surface area contributed by atoms with Gasteiger partial charge in [-0.2, -0.15) is 0 Å². The third-order valence-corrected chi connectivity index (χ3v) is 2.58. The Morgan fingerprint density at radius 2 is 2.40 bits per heavy atom. The predicted octanol–water partition coefficient (Wildman–Crippen LogP) is 0.736. The molecule has 1 rings (SSSR count). The van der Waals surface area contributed by atoms with Crippen LogP contribution in [0.4, 0.5) is 0 Å². The Hall–Kier alpha value is -1.14. The largest absolute Gasteiger partial charge is 0.464 e. The molecule has 0 saturated carbocycles. The zero-order valence-corrected chi connectivity index (χ0v) is 9.32. The van der Waals surface area contributed by atoms with Crippen molar-refractivity contribution in [1.29, 1.82) is 0 Å². The van der Waals surface area contributed by atoms with Crippen LogP contribution in [0, 0.1) is 0 Å². The second-order valence-corrected chi connectivity index (χ2v) is 4.30. The van der Waals surface area contributed by atoms with Crippen molar-refractivity contribution in [2.45, 2.75) is 17.2 Å². The molecular formula is C9H12N2O3S. The molecule has 6 heteroatoms. The average molecular weight is 228 g/mol. The van der Waals surface area contributed by atoms with Crippen molar-refractivity contribution in [3.05, 3.63) is 18.1 Å². The SMILES string of the molecule is COC(=O)c1cncc(SC(C)CO)n1. The molecule has 0 spiro atoms. The molecule has 1 unspecified atom stereocenters. The number of hydrogen-bond donors (Lipinski definition) is 1. The number of carbonyl (C=O) groups excluding carboxylic acids is 1. The first-order chi connectivity index (χ1) is 7.17. The highest BCUT2D eigenvalue weighted by Gasteiger charge is 2.10. The Kier molecular flexibility index (Phi) is 4.51. The molecule has 1 N–H and O–H groups in total. The molecule has 0 amide bonds. The van der Waals surface area contributed by atoms with Gasteiger partial charge in [-0.25, -0.2) is 9.78 Å². The number of hydrogen-bond acceptors (Lipinski definition) is 6. The smallest absolute Gasteiger partial charge is 0.358 e. The van der Waals surface area contributed by atoms with Gasteiger partial charge in [0.2, 0.25) is 0 Å². The second-order valence-electron chi connectivity index (χ2n) is 2.85. The first kappa shape index (κ1) is 11.9. The highest BCUT2D eigenvalue weighted by atomic mass is 32.2. The molecule has 1 aromatic rings. The van der Waals surface area contributed by atoms with Gasteiger partial charge in [0.15, 0.2) is 5.69 Å². The van der Waals surface area contributed by atoms with Crippen molar-refractivity contribution in [1.82, 2.24) is 9.97 Å². The maximum atomic E-state index is 11.1. The third-order valence-electron chi connectivity index (χ3n) is 1.59. The summed E-state index contributed by atoms with van der Waals surface area (Å²) in [6.45, 7) is 1.91. The summed E-state index contributed by atoms with van der Waals surface area (Å²) in [6.07, 6.45) is 2.89. The molecule has 15 heavy (non-hydrogen) atoms. The molecule has 0 aliphatic carbocycles. The number of methoxy groups -OCH3 is 1. The van der Waals surface area contributed by atoms with Gasteiger partial charge in [0.1, 0.15) is 5.03 Å². The molecule has 5 nitrogen and oxygen atoms in total. The van der Waals surface area contributed by atoms with Crippen molar-refractivity contribution < 1.29 is 14.6 Å². The molecule has 0 saturated heterocycles. The molecule has 1 heterocycles. The Balaban J connectivity index is 2.78. The summed E-state index contributed by atoms with van der Waals surface area (Å²) in [4.78, 5) is 19.1. The number of aliphatic hydroxyl groups is 1. The molecule has 0 aromatic carbocycles. The van der Waals surface area contributed by atoms with Crippen LogP contribution in [0.15, 0.2) is 17.4 Å². The lowest BCUT2D eigenvalue weighted by Crippen LogP contribution is -2.07. The number of esters is 1. The fourth-order valence-electron chi connectivity index (χ4n) is 0.851. The van der Waals surface area contributed by atoms with Crippen LogP contribution in [0.3, 0.4) is 0 Å². The maximum absolute atomic E-state index is 11.1. The van der Waals surface area contributed by atoms with E-state index in [1.54, 1.807) is 6.20 Å². The molecule has 0 fully saturated rings. The normalized spacial score (nSPS) is 12.2. The molecule has 0 radical (unpaired) electrons. The number of aromatic nitrogens is 2. The van der Waals surface area contributed by atoms with Crippen LogP contribution in [0.5, 0.6) is 0 Å². The number of thioether (sulfide) groups is 1. The minimum Gasteiger partial charge on any atom is -0.464 e. The van der Waals surface area contributed by atoms with Crippen molar-refractivity contribution in [2.75, 3.05) is 13.7 Å². The third kappa shape index (κ3) is 3.49. The minimum absolute atomic E-state index is 0.0206. The Morgan fingerprint density at radius 1 is 1.67 bits per heavy atom. The zero-order valence-electron chi connectivity index (χ0n) is 8.51.